The Hall–Kier alpha value is -13.7. The summed E-state index contributed by atoms with van der Waals surface area (Å²) in [6.07, 6.45) is 10.2. The molecule has 3 atom stereocenters. The van der Waals surface area contributed by atoms with Crippen molar-refractivity contribution >= 4 is 115 Å². The molecular weight excluding hydrogens is 1690 g/mol. The first-order valence-electron chi connectivity index (χ1n) is 45.9. The summed E-state index contributed by atoms with van der Waals surface area (Å²) in [7, 11) is 11.8. The van der Waals surface area contributed by atoms with Gasteiger partial charge in [-0.25, -0.2) is 9.97 Å². The summed E-state index contributed by atoms with van der Waals surface area (Å²) >= 11 is 0. The molecular formula is C98H125N23O12. The first-order valence-corrected chi connectivity index (χ1v) is 45.9. The van der Waals surface area contributed by atoms with Crippen LogP contribution >= 0.6 is 0 Å². The van der Waals surface area contributed by atoms with E-state index < -0.39 is 79.1 Å². The SMILES string of the molecule is C#CC(=O)NCCCCCC(=O)N(CCN(C)C(=O)CCCOc1cccc(-c2nc3ccc(C4=Nc5cc(N6CCN(C)CC6)ccc5C4)cc3[nH]2)c1)CC(=O)N(C)[C@@H](C)C(=O)N(C)[C@@H](C)C(=O)N(C)[C@@H](C)C(=O)N(CCCCN(C)C(=O)CCCOc1cccc(-c2nc3ccc(C4=Nc5cc(N6CCN(C)CC6)ccc5C4)cc3[nH]2)c1)CC(=O)N(CCCN=[N+]=[N-])CC(N)=O. The number of aromatic nitrogens is 4. The van der Waals surface area contributed by atoms with Crippen molar-refractivity contribution < 1.29 is 57.4 Å². The summed E-state index contributed by atoms with van der Waals surface area (Å²) in [5, 5.41) is 6.14. The number of hydrogen-bond donors (Lipinski definition) is 4. The van der Waals surface area contributed by atoms with Gasteiger partial charge in [-0.3, -0.25) is 57.9 Å². The lowest BCUT2D eigenvalue weighted by Crippen LogP contribution is -2.57. The van der Waals surface area contributed by atoms with E-state index in [1.54, 1.807) is 19.0 Å². The van der Waals surface area contributed by atoms with Crippen LogP contribution in [0.2, 0.25) is 0 Å². The van der Waals surface area contributed by atoms with Crippen LogP contribution in [0.1, 0.15) is 114 Å². The number of aliphatic imine (C=N–C) groups is 2. The average molecular weight is 1820 g/mol. The van der Waals surface area contributed by atoms with E-state index in [0.29, 0.717) is 81.2 Å². The first kappa shape index (κ1) is 98.3. The molecule has 4 aliphatic heterocycles. The van der Waals surface area contributed by atoms with Gasteiger partial charge in [-0.05, 0) is 186 Å². The van der Waals surface area contributed by atoms with Gasteiger partial charge in [0.25, 0.3) is 5.91 Å². The smallest absolute Gasteiger partial charge is 0.295 e. The second kappa shape index (κ2) is 46.9. The molecule has 2 aromatic heterocycles. The lowest BCUT2D eigenvalue weighted by molar-refractivity contribution is -0.153. The van der Waals surface area contributed by atoms with Crippen molar-refractivity contribution in [1.29, 1.82) is 0 Å². The topological polar surface area (TPSA) is 397 Å². The third-order valence-electron chi connectivity index (χ3n) is 25.4. The number of carbonyl (C=O) groups excluding carboxylic acids is 10. The molecule has 0 unspecified atom stereocenters. The molecule has 2 fully saturated rings. The summed E-state index contributed by atoms with van der Waals surface area (Å²) in [6, 6.07) is 37.1. The zero-order valence-corrected chi connectivity index (χ0v) is 78.2. The van der Waals surface area contributed by atoms with Crippen LogP contribution in [-0.4, -0.2) is 338 Å². The minimum absolute atomic E-state index is 0.0127. The fourth-order valence-electron chi connectivity index (χ4n) is 16.6. The number of ether oxygens (including phenoxy) is 2. The van der Waals surface area contributed by atoms with Crippen LogP contribution in [0.5, 0.6) is 11.5 Å². The molecule has 2 saturated heterocycles. The number of piperazine rings is 2. The van der Waals surface area contributed by atoms with Crippen LogP contribution < -0.4 is 30.3 Å². The van der Waals surface area contributed by atoms with Gasteiger partial charge in [-0.15, -0.1) is 6.42 Å². The van der Waals surface area contributed by atoms with Gasteiger partial charge >= 0.3 is 0 Å². The molecule has 704 valence electrons. The number of benzene rings is 6. The average Bonchev–Trinajstić information content (AvgIpc) is 1.64. The fraction of sp³-hybridized carbons (Fsp3) is 0.469. The van der Waals surface area contributed by atoms with Crippen molar-refractivity contribution in [2.45, 2.75) is 122 Å². The van der Waals surface area contributed by atoms with Crippen molar-refractivity contribution in [2.75, 3.05) is 190 Å². The van der Waals surface area contributed by atoms with Gasteiger partial charge in [0.15, 0.2) is 0 Å². The predicted molar refractivity (Wildman–Crippen MR) is 514 cm³/mol. The number of nitrogens with zero attached hydrogens (tertiary/aromatic N) is 19. The number of carbonyl (C=O) groups is 10. The summed E-state index contributed by atoms with van der Waals surface area (Å²) in [5.74, 6) is -0.734. The number of anilines is 2. The molecule has 8 aromatic rings. The number of imidazole rings is 2. The maximum absolute atomic E-state index is 14.8. The van der Waals surface area contributed by atoms with Crippen molar-refractivity contribution in [3.05, 3.63) is 154 Å². The van der Waals surface area contributed by atoms with E-state index in [2.05, 4.69) is 120 Å². The second-order valence-electron chi connectivity index (χ2n) is 34.9. The van der Waals surface area contributed by atoms with E-state index in [4.69, 9.17) is 47.1 Å². The fourth-order valence-corrected chi connectivity index (χ4v) is 16.6. The lowest BCUT2D eigenvalue weighted by atomic mass is 10.0. The third-order valence-corrected chi connectivity index (χ3v) is 25.4. The van der Waals surface area contributed by atoms with E-state index >= 15 is 0 Å². The minimum Gasteiger partial charge on any atom is -0.494 e. The van der Waals surface area contributed by atoms with Gasteiger partial charge in [-0.1, -0.05) is 60.1 Å². The molecule has 6 aromatic carbocycles. The van der Waals surface area contributed by atoms with E-state index in [-0.39, 0.29) is 89.3 Å². The maximum atomic E-state index is 14.8. The number of hydrogen-bond acceptors (Lipinski definition) is 21. The standard InChI is InChI=1S/C98H125N23O12/c1-12-88(123)101-38-15-13-14-27-91(126)120(52-47-113(8)90(125)29-21-54-133-78-26-19-24-74(56-78)95-106-80-37-33-72(60-86(80)108-95)82-58-70-31-35-76(62-84(70)104-82)118-50-45-111(6)46-51-118)64-92(127)114(9)66(2)96(129)115(10)67(3)97(130)116(11)68(4)98(131)121(65-93(128)119(63-87(99)122)42-22-39-102-109-100)41-17-16-40-112(7)89(124)28-20-53-132-77-25-18-23-73(55-77)94-105-79-36-32-71(59-85(79)107-94)81-57-69-30-34-75(61-83(69)103-81)117-48-43-110(5)44-49-117/h1,18-19,23-26,30-37,55-56,59-62,66-68H,13-17,20-22,27-29,38-54,57-58,63-65H2,2-11H3,(H2,99,122)(H,101,123)(H,105,107)(H,106,108)/t66-,67-,68-/m0/s1. The quantitative estimate of drug-likeness (QED) is 0.00909. The van der Waals surface area contributed by atoms with E-state index in [0.717, 1.165) is 142 Å². The Balaban J connectivity index is 0.598. The van der Waals surface area contributed by atoms with Crippen molar-refractivity contribution in [1.82, 2.24) is 74.3 Å². The Kier molecular flexibility index (Phi) is 34.7. The van der Waals surface area contributed by atoms with Crippen LogP contribution in [0.4, 0.5) is 22.7 Å². The number of terminal acetylenes is 1. The Bertz CT molecular complexity index is 5680. The lowest BCUT2D eigenvalue weighted by Gasteiger charge is -2.36. The van der Waals surface area contributed by atoms with Crippen molar-refractivity contribution in [2.24, 2.45) is 20.8 Å². The van der Waals surface area contributed by atoms with Crippen LogP contribution in [0, 0.1) is 12.3 Å². The highest BCUT2D eigenvalue weighted by atomic mass is 16.5. The molecule has 4 aliphatic rings. The number of unbranched alkanes of at least 4 members (excludes halogenated alkanes) is 3. The van der Waals surface area contributed by atoms with Gasteiger partial charge in [0.2, 0.25) is 53.2 Å². The summed E-state index contributed by atoms with van der Waals surface area (Å²) in [6.45, 7) is 12.1. The molecule has 0 aliphatic carbocycles. The molecule has 0 bridgehead atoms. The third kappa shape index (κ3) is 26.6. The van der Waals surface area contributed by atoms with E-state index in [1.807, 2.05) is 66.6 Å². The Morgan fingerprint density at radius 1 is 0.496 bits per heavy atom. The zero-order valence-electron chi connectivity index (χ0n) is 78.2. The van der Waals surface area contributed by atoms with E-state index in [9.17, 15) is 47.9 Å². The first-order chi connectivity index (χ1) is 64.0. The van der Waals surface area contributed by atoms with Crippen LogP contribution in [-0.2, 0) is 60.8 Å². The largest absolute Gasteiger partial charge is 0.494 e. The summed E-state index contributed by atoms with van der Waals surface area (Å²) < 4.78 is 12.3. The Morgan fingerprint density at radius 2 is 0.970 bits per heavy atom. The molecule has 0 spiro atoms. The van der Waals surface area contributed by atoms with Gasteiger partial charge < -0.3 is 89.3 Å². The van der Waals surface area contributed by atoms with E-state index in [1.165, 1.54) is 88.9 Å². The van der Waals surface area contributed by atoms with Crippen molar-refractivity contribution in [3.63, 3.8) is 0 Å². The van der Waals surface area contributed by atoms with Gasteiger partial charge in [0.1, 0.15) is 41.3 Å². The number of nitrogens with two attached hydrogens (primary N) is 1. The number of fused-ring (bicyclic) bond motifs is 4. The molecule has 12 rings (SSSR count). The number of aromatic amines is 2. The Morgan fingerprint density at radius 3 is 1.48 bits per heavy atom. The summed E-state index contributed by atoms with van der Waals surface area (Å²) in [4.78, 5) is 187. The number of nitrogens with one attached hydrogen (secondary N) is 3. The number of H-pyrrole nitrogens is 2. The minimum atomic E-state index is -1.23. The monoisotopic (exact) mass is 1820 g/mol. The molecule has 10 amide bonds. The van der Waals surface area contributed by atoms with Crippen molar-refractivity contribution in [3.8, 4) is 46.6 Å². The number of azide groups is 1. The number of primary amides is 1. The highest BCUT2D eigenvalue weighted by Gasteiger charge is 2.37. The molecule has 133 heavy (non-hydrogen) atoms. The molecule has 5 N–H and O–H groups in total. The predicted octanol–water partition coefficient (Wildman–Crippen LogP) is 8.87. The number of amides is 10. The van der Waals surface area contributed by atoms with Gasteiger partial charge in [-0.2, -0.15) is 0 Å². The molecule has 35 nitrogen and oxygen atoms in total. The van der Waals surface area contributed by atoms with Gasteiger partial charge in [0.05, 0.1) is 77.7 Å². The van der Waals surface area contributed by atoms with Gasteiger partial charge in [0, 0.05) is 193 Å². The summed E-state index contributed by atoms with van der Waals surface area (Å²) in [5.41, 5.74) is 30.4. The number of rotatable bonds is 46. The highest BCUT2D eigenvalue weighted by molar-refractivity contribution is 6.10. The maximum Gasteiger partial charge on any atom is 0.295 e. The Labute approximate surface area is 777 Å². The molecule has 0 saturated carbocycles. The number of likely N-dealkylation sites (N-methyl/N-ethyl adjacent to an activating group) is 6. The van der Waals surface area contributed by atoms with Crippen LogP contribution in [0.25, 0.3) is 55.3 Å². The molecule has 35 heteroatoms. The second-order valence-corrected chi connectivity index (χ2v) is 34.9. The zero-order chi connectivity index (χ0) is 94.9. The van der Waals surface area contributed by atoms with Crippen LogP contribution in [0.3, 0.4) is 0 Å². The highest BCUT2D eigenvalue weighted by Crippen LogP contribution is 2.37. The van der Waals surface area contributed by atoms with Crippen LogP contribution in [0.15, 0.2) is 136 Å². The molecule has 6 heterocycles. The normalized spacial score (nSPS) is 14.3. The molecule has 0 radical (unpaired) electrons.